The van der Waals surface area contributed by atoms with Crippen molar-refractivity contribution >= 4 is 52.5 Å². The van der Waals surface area contributed by atoms with E-state index in [0.29, 0.717) is 60.9 Å². The SMILES string of the molecule is OCc1c(-c2ccc(Cl)cc2)cc2c(c(-c3cccc(Cl)c3)nc3nnnn32)c1-c1n[nH]c(CS)n1. The molecule has 0 radical (unpaired) electrons. The summed E-state index contributed by atoms with van der Waals surface area (Å²) >= 11 is 16.8. The summed E-state index contributed by atoms with van der Waals surface area (Å²) in [6.07, 6.45) is 0. The predicted molar refractivity (Wildman–Crippen MR) is 141 cm³/mol. The number of tetrazole rings is 1. The first kappa shape index (κ1) is 22.9. The Morgan fingerprint density at radius 3 is 2.53 bits per heavy atom. The second-order valence-electron chi connectivity index (χ2n) is 7.96. The van der Waals surface area contributed by atoms with Crippen LogP contribution in [0, 0.1) is 0 Å². The highest BCUT2D eigenvalue weighted by Gasteiger charge is 2.25. The van der Waals surface area contributed by atoms with Crippen molar-refractivity contribution in [1.82, 2.24) is 40.2 Å². The highest BCUT2D eigenvalue weighted by Crippen LogP contribution is 2.42. The van der Waals surface area contributed by atoms with E-state index in [1.165, 1.54) is 0 Å². The van der Waals surface area contributed by atoms with Gasteiger partial charge in [-0.15, -0.1) is 0 Å². The van der Waals surface area contributed by atoms with Crippen molar-refractivity contribution in [2.75, 3.05) is 0 Å². The first-order valence-electron chi connectivity index (χ1n) is 10.8. The van der Waals surface area contributed by atoms with Crippen molar-refractivity contribution in [1.29, 1.82) is 0 Å². The summed E-state index contributed by atoms with van der Waals surface area (Å²) in [5, 5.41) is 32.0. The molecule has 36 heavy (non-hydrogen) atoms. The second-order valence-corrected chi connectivity index (χ2v) is 9.15. The van der Waals surface area contributed by atoms with Gasteiger partial charge < -0.3 is 5.11 Å². The third-order valence-electron chi connectivity index (χ3n) is 5.86. The smallest absolute Gasteiger partial charge is 0.274 e. The van der Waals surface area contributed by atoms with E-state index in [1.54, 1.807) is 22.7 Å². The zero-order chi connectivity index (χ0) is 24.8. The number of hydrogen-bond donors (Lipinski definition) is 3. The normalized spacial score (nSPS) is 11.6. The van der Waals surface area contributed by atoms with Gasteiger partial charge in [-0.25, -0.2) is 9.97 Å². The Labute approximate surface area is 219 Å². The van der Waals surface area contributed by atoms with Gasteiger partial charge >= 0.3 is 0 Å². The van der Waals surface area contributed by atoms with E-state index in [4.69, 9.17) is 28.2 Å². The van der Waals surface area contributed by atoms with E-state index in [1.807, 2.05) is 36.4 Å². The van der Waals surface area contributed by atoms with Crippen LogP contribution in [-0.2, 0) is 12.4 Å². The average molecular weight is 535 g/mol. The third-order valence-corrected chi connectivity index (χ3v) is 6.65. The minimum atomic E-state index is -0.281. The molecule has 2 N–H and O–H groups in total. The Bertz CT molecular complexity index is 1750. The van der Waals surface area contributed by atoms with Crippen LogP contribution in [0.25, 0.3) is 50.5 Å². The number of rotatable bonds is 5. The van der Waals surface area contributed by atoms with Crippen LogP contribution >= 0.6 is 35.8 Å². The zero-order valence-electron chi connectivity index (χ0n) is 18.4. The standard InChI is InChI=1S/C24H16Cl2N8OS/c25-14-6-4-12(5-7-14)16-9-18-21(20(17(16)10-35)23-27-19(11-36)29-30-23)22(13-2-1-3-15(26)8-13)28-24-31-32-33-34(18)24/h1-9,35-36H,10-11H2,(H,27,29,30). The first-order chi connectivity index (χ1) is 17.6. The number of nitrogens with one attached hydrogen (secondary N) is 1. The number of benzene rings is 3. The third kappa shape index (κ3) is 3.79. The molecule has 3 aromatic heterocycles. The van der Waals surface area contributed by atoms with Gasteiger partial charge in [0, 0.05) is 26.6 Å². The van der Waals surface area contributed by atoms with E-state index in [0.717, 1.165) is 16.7 Å². The van der Waals surface area contributed by atoms with E-state index in [-0.39, 0.29) is 6.61 Å². The van der Waals surface area contributed by atoms with Gasteiger partial charge in [0.2, 0.25) is 0 Å². The fraction of sp³-hybridized carbons (Fsp3) is 0.0833. The number of nitrogens with zero attached hydrogens (tertiary/aromatic N) is 7. The van der Waals surface area contributed by atoms with E-state index < -0.39 is 0 Å². The first-order valence-corrected chi connectivity index (χ1v) is 12.2. The molecule has 6 rings (SSSR count). The summed E-state index contributed by atoms with van der Waals surface area (Å²) in [4.78, 5) is 9.40. The number of fused-ring (bicyclic) bond motifs is 3. The highest BCUT2D eigenvalue weighted by molar-refractivity contribution is 7.79. The van der Waals surface area contributed by atoms with Crippen molar-refractivity contribution in [3.05, 3.63) is 76.0 Å². The fourth-order valence-corrected chi connectivity index (χ4v) is 4.76. The number of hydrogen-bond acceptors (Lipinski definition) is 8. The lowest BCUT2D eigenvalue weighted by atomic mass is 9.90. The monoisotopic (exact) mass is 534 g/mol. The summed E-state index contributed by atoms with van der Waals surface area (Å²) in [6, 6.07) is 16.7. The van der Waals surface area contributed by atoms with Crippen LogP contribution in [0.5, 0.6) is 0 Å². The molecule has 0 aliphatic heterocycles. The quantitative estimate of drug-likeness (QED) is 0.265. The molecule has 0 bridgehead atoms. The topological polar surface area (TPSA) is 118 Å². The number of aromatic amines is 1. The molecule has 0 fully saturated rings. The molecule has 0 atom stereocenters. The summed E-state index contributed by atoms with van der Waals surface area (Å²) < 4.78 is 1.56. The summed E-state index contributed by atoms with van der Waals surface area (Å²) in [7, 11) is 0. The molecule has 12 heteroatoms. The molecule has 9 nitrogen and oxygen atoms in total. The average Bonchev–Trinajstić information content (AvgIpc) is 3.57. The molecule has 0 aliphatic rings. The van der Waals surface area contributed by atoms with Gasteiger partial charge in [-0.3, -0.25) is 5.10 Å². The number of aromatic nitrogens is 8. The van der Waals surface area contributed by atoms with Crippen molar-refractivity contribution in [2.45, 2.75) is 12.4 Å². The van der Waals surface area contributed by atoms with Crippen LogP contribution < -0.4 is 0 Å². The second kappa shape index (κ2) is 9.14. The molecule has 3 aromatic carbocycles. The molecule has 0 amide bonds. The van der Waals surface area contributed by atoms with Crippen molar-refractivity contribution in [3.63, 3.8) is 0 Å². The van der Waals surface area contributed by atoms with E-state index in [2.05, 4.69) is 43.3 Å². The van der Waals surface area contributed by atoms with E-state index >= 15 is 0 Å². The minimum absolute atomic E-state index is 0.281. The molecule has 0 saturated heterocycles. The Balaban J connectivity index is 1.82. The highest BCUT2D eigenvalue weighted by atomic mass is 35.5. The van der Waals surface area contributed by atoms with E-state index in [9.17, 15) is 5.11 Å². The molecule has 0 spiro atoms. The van der Waals surface area contributed by atoms with Gasteiger partial charge in [-0.05, 0) is 57.4 Å². The van der Waals surface area contributed by atoms with Crippen LogP contribution in [0.2, 0.25) is 10.0 Å². The van der Waals surface area contributed by atoms with Gasteiger partial charge in [0.1, 0.15) is 5.82 Å². The van der Waals surface area contributed by atoms with Crippen molar-refractivity contribution in [2.24, 2.45) is 0 Å². The van der Waals surface area contributed by atoms with Crippen LogP contribution in [0.3, 0.4) is 0 Å². The molecule has 3 heterocycles. The zero-order valence-corrected chi connectivity index (χ0v) is 20.8. The summed E-state index contributed by atoms with van der Waals surface area (Å²) in [5.41, 5.74) is 4.82. The fourth-order valence-electron chi connectivity index (χ4n) is 4.30. The Hall–Kier alpha value is -3.57. The lowest BCUT2D eigenvalue weighted by molar-refractivity contribution is 0.283. The predicted octanol–water partition coefficient (Wildman–Crippen LogP) is 5.02. The van der Waals surface area contributed by atoms with Crippen molar-refractivity contribution < 1.29 is 5.11 Å². The minimum Gasteiger partial charge on any atom is -0.392 e. The van der Waals surface area contributed by atoms with Crippen molar-refractivity contribution in [3.8, 4) is 33.8 Å². The maximum Gasteiger partial charge on any atom is 0.274 e. The molecule has 0 aliphatic carbocycles. The molecular weight excluding hydrogens is 519 g/mol. The lowest BCUT2D eigenvalue weighted by Gasteiger charge is -2.18. The van der Waals surface area contributed by atoms with Crippen LogP contribution in [0.15, 0.2) is 54.6 Å². The number of thiol groups is 1. The molecule has 178 valence electrons. The molecule has 0 saturated carbocycles. The number of aliphatic hydroxyl groups is 1. The largest absolute Gasteiger partial charge is 0.392 e. The number of halogens is 2. The van der Waals surface area contributed by atoms with Gasteiger partial charge in [0.15, 0.2) is 5.82 Å². The van der Waals surface area contributed by atoms with Gasteiger partial charge in [0.05, 0.1) is 23.6 Å². The number of H-pyrrole nitrogens is 1. The Morgan fingerprint density at radius 2 is 1.81 bits per heavy atom. The molecule has 0 unspecified atom stereocenters. The van der Waals surface area contributed by atoms with Gasteiger partial charge in [-0.1, -0.05) is 52.6 Å². The summed E-state index contributed by atoms with van der Waals surface area (Å²) in [5.74, 6) is 1.66. The van der Waals surface area contributed by atoms with Crippen LogP contribution in [-0.4, -0.2) is 45.3 Å². The number of aliphatic hydroxyl groups excluding tert-OH is 1. The Kier molecular flexibility index (Phi) is 5.81. The van der Waals surface area contributed by atoms with Gasteiger partial charge in [0.25, 0.3) is 5.78 Å². The molecular formula is C24H16Cl2N8OS. The maximum absolute atomic E-state index is 10.7. The molecule has 6 aromatic rings. The Morgan fingerprint density at radius 1 is 0.972 bits per heavy atom. The lowest BCUT2D eigenvalue weighted by Crippen LogP contribution is -2.04. The van der Waals surface area contributed by atoms with Crippen LogP contribution in [0.1, 0.15) is 11.4 Å². The summed E-state index contributed by atoms with van der Waals surface area (Å²) in [6.45, 7) is -0.281. The maximum atomic E-state index is 10.7. The van der Waals surface area contributed by atoms with Crippen LogP contribution in [0.4, 0.5) is 0 Å². The van der Waals surface area contributed by atoms with Gasteiger partial charge in [-0.2, -0.15) is 22.2 Å².